The Morgan fingerprint density at radius 1 is 1.21 bits per heavy atom. The molecule has 3 rings (SSSR count). The Balaban J connectivity index is 1.58. The molecule has 7 nitrogen and oxygen atoms in total. The highest BCUT2D eigenvalue weighted by Crippen LogP contribution is 2.18. The second kappa shape index (κ2) is 9.34. The van der Waals surface area contributed by atoms with Crippen LogP contribution >= 0.6 is 11.6 Å². The van der Waals surface area contributed by atoms with Gasteiger partial charge in [0.1, 0.15) is 5.82 Å². The number of benzene rings is 1. The van der Waals surface area contributed by atoms with Crippen molar-refractivity contribution in [3.8, 4) is 0 Å². The van der Waals surface area contributed by atoms with Gasteiger partial charge in [0.25, 0.3) is 11.8 Å². The van der Waals surface area contributed by atoms with Gasteiger partial charge in [-0.1, -0.05) is 11.6 Å². The largest absolute Gasteiger partial charge is 0.366 e. The third-order valence-electron chi connectivity index (χ3n) is 4.48. The van der Waals surface area contributed by atoms with Crippen LogP contribution in [0.2, 0.25) is 5.02 Å². The molecule has 2 aromatic rings. The summed E-state index contributed by atoms with van der Waals surface area (Å²) in [6.07, 6.45) is 6.25. The van der Waals surface area contributed by atoms with Gasteiger partial charge in [-0.2, -0.15) is 0 Å². The van der Waals surface area contributed by atoms with Crippen molar-refractivity contribution in [3.05, 3.63) is 64.8 Å². The lowest BCUT2D eigenvalue weighted by Crippen LogP contribution is -2.45. The van der Waals surface area contributed by atoms with Gasteiger partial charge in [-0.25, -0.2) is 10.5 Å². The molecule has 1 aromatic heterocycles. The van der Waals surface area contributed by atoms with Crippen LogP contribution in [0.5, 0.6) is 0 Å². The summed E-state index contributed by atoms with van der Waals surface area (Å²) in [6.45, 7) is 1.32. The number of amides is 2. The van der Waals surface area contributed by atoms with Gasteiger partial charge in [-0.05, 0) is 60.9 Å². The summed E-state index contributed by atoms with van der Waals surface area (Å²) in [5.41, 5.74) is 2.90. The Kier molecular flexibility index (Phi) is 6.62. The molecule has 1 aliphatic rings. The number of anilines is 1. The Labute approximate surface area is 168 Å². The van der Waals surface area contributed by atoms with Crippen molar-refractivity contribution >= 4 is 35.3 Å². The topological polar surface area (TPSA) is 94.6 Å². The van der Waals surface area contributed by atoms with Crippen molar-refractivity contribution < 1.29 is 14.8 Å². The minimum absolute atomic E-state index is 0.00114. The molecule has 0 unspecified atom stereocenters. The van der Waals surface area contributed by atoms with E-state index in [-0.39, 0.29) is 11.9 Å². The van der Waals surface area contributed by atoms with Crippen LogP contribution in [0.4, 0.5) is 5.82 Å². The lowest BCUT2D eigenvalue weighted by Gasteiger charge is -2.33. The molecule has 0 bridgehead atoms. The van der Waals surface area contributed by atoms with E-state index in [1.165, 1.54) is 11.6 Å². The van der Waals surface area contributed by atoms with E-state index in [4.69, 9.17) is 16.8 Å². The molecule has 2 heterocycles. The van der Waals surface area contributed by atoms with E-state index in [1.807, 2.05) is 17.0 Å². The number of hydrogen-bond donors (Lipinski definition) is 3. The van der Waals surface area contributed by atoms with Crippen LogP contribution in [0.15, 0.2) is 48.7 Å². The number of aromatic nitrogens is 1. The minimum atomic E-state index is -0.602. The van der Waals surface area contributed by atoms with Crippen LogP contribution in [-0.4, -0.2) is 46.0 Å². The van der Waals surface area contributed by atoms with Crippen molar-refractivity contribution in [1.82, 2.24) is 15.4 Å². The smallest absolute Gasteiger partial charge is 0.267 e. The SMILES string of the molecule is O=C(/C=C/c1ccc(N[C@@H]2CCCN(C(=O)c3ccc(Cl)cc3)C2)nc1)NO. The number of nitrogens with one attached hydrogen (secondary N) is 2. The fraction of sp³-hybridized carbons (Fsp3) is 0.250. The monoisotopic (exact) mass is 400 g/mol. The molecule has 28 heavy (non-hydrogen) atoms. The molecule has 0 radical (unpaired) electrons. The normalized spacial score (nSPS) is 16.8. The van der Waals surface area contributed by atoms with Gasteiger partial charge in [0, 0.05) is 42.0 Å². The van der Waals surface area contributed by atoms with Crippen LogP contribution in [0.1, 0.15) is 28.8 Å². The first-order valence-electron chi connectivity index (χ1n) is 8.95. The predicted molar refractivity (Wildman–Crippen MR) is 107 cm³/mol. The fourth-order valence-corrected chi connectivity index (χ4v) is 3.19. The summed E-state index contributed by atoms with van der Waals surface area (Å²) in [5.74, 6) is 0.100. The zero-order valence-corrected chi connectivity index (χ0v) is 15.9. The highest BCUT2D eigenvalue weighted by Gasteiger charge is 2.24. The molecule has 1 atom stereocenters. The molecule has 1 aliphatic heterocycles. The van der Waals surface area contributed by atoms with Crippen LogP contribution in [0.25, 0.3) is 6.08 Å². The number of rotatable bonds is 5. The maximum atomic E-state index is 12.7. The zero-order chi connectivity index (χ0) is 19.9. The molecule has 1 aromatic carbocycles. The number of hydroxylamine groups is 1. The van der Waals surface area contributed by atoms with Crippen molar-refractivity contribution in [3.63, 3.8) is 0 Å². The summed E-state index contributed by atoms with van der Waals surface area (Å²) in [7, 11) is 0. The van der Waals surface area contributed by atoms with Gasteiger partial charge in [0.15, 0.2) is 0 Å². The number of piperidine rings is 1. The van der Waals surface area contributed by atoms with Gasteiger partial charge in [0.2, 0.25) is 0 Å². The van der Waals surface area contributed by atoms with Crippen LogP contribution in [-0.2, 0) is 4.79 Å². The average molecular weight is 401 g/mol. The molecule has 146 valence electrons. The third kappa shape index (κ3) is 5.31. The molecule has 8 heteroatoms. The van der Waals surface area contributed by atoms with Crippen molar-refractivity contribution in [2.45, 2.75) is 18.9 Å². The van der Waals surface area contributed by atoms with Crippen LogP contribution < -0.4 is 10.8 Å². The number of carbonyl (C=O) groups is 2. The third-order valence-corrected chi connectivity index (χ3v) is 4.73. The van der Waals surface area contributed by atoms with Gasteiger partial charge < -0.3 is 10.2 Å². The number of likely N-dealkylation sites (tertiary alicyclic amines) is 1. The van der Waals surface area contributed by atoms with Crippen molar-refractivity contribution in [2.75, 3.05) is 18.4 Å². The molecule has 0 spiro atoms. The number of carbonyl (C=O) groups excluding carboxylic acids is 2. The Hall–Kier alpha value is -2.90. The van der Waals surface area contributed by atoms with E-state index in [2.05, 4.69) is 10.3 Å². The molecule has 1 fully saturated rings. The van der Waals surface area contributed by atoms with Gasteiger partial charge in [-0.15, -0.1) is 0 Å². The standard InChI is InChI=1S/C20H21ClN4O3/c21-16-7-5-15(6-8-16)20(27)25-11-1-2-17(13-25)23-18-9-3-14(12-22-18)4-10-19(26)24-28/h3-10,12,17,28H,1-2,11,13H2,(H,22,23)(H,24,26)/b10-4+/t17-/m1/s1. The van der Waals surface area contributed by atoms with Crippen molar-refractivity contribution in [1.29, 1.82) is 0 Å². The minimum Gasteiger partial charge on any atom is -0.366 e. The van der Waals surface area contributed by atoms with E-state index >= 15 is 0 Å². The van der Waals surface area contributed by atoms with Gasteiger partial charge in [0.05, 0.1) is 0 Å². The van der Waals surface area contributed by atoms with Crippen molar-refractivity contribution in [2.24, 2.45) is 0 Å². The number of hydrogen-bond acceptors (Lipinski definition) is 5. The molecular formula is C20H21ClN4O3. The van der Waals surface area contributed by atoms with Crippen LogP contribution in [0, 0.1) is 0 Å². The lowest BCUT2D eigenvalue weighted by atomic mass is 10.0. The first-order chi connectivity index (χ1) is 13.5. The highest BCUT2D eigenvalue weighted by molar-refractivity contribution is 6.30. The molecule has 2 amide bonds. The summed E-state index contributed by atoms with van der Waals surface area (Å²) in [5, 5.41) is 12.4. The second-order valence-electron chi connectivity index (χ2n) is 6.53. The Bertz CT molecular complexity index is 853. The second-order valence-corrected chi connectivity index (χ2v) is 6.96. The first-order valence-corrected chi connectivity index (χ1v) is 9.32. The average Bonchev–Trinajstić information content (AvgIpc) is 2.73. The number of halogens is 1. The molecule has 0 aliphatic carbocycles. The van der Waals surface area contributed by atoms with Gasteiger partial charge >= 0.3 is 0 Å². The van der Waals surface area contributed by atoms with E-state index in [9.17, 15) is 9.59 Å². The molecule has 0 saturated carbocycles. The highest BCUT2D eigenvalue weighted by atomic mass is 35.5. The maximum absolute atomic E-state index is 12.7. The molecule has 3 N–H and O–H groups in total. The lowest BCUT2D eigenvalue weighted by molar-refractivity contribution is -0.124. The molecule has 1 saturated heterocycles. The summed E-state index contributed by atoms with van der Waals surface area (Å²) < 4.78 is 0. The quantitative estimate of drug-likeness (QED) is 0.407. The van der Waals surface area contributed by atoms with E-state index < -0.39 is 5.91 Å². The summed E-state index contributed by atoms with van der Waals surface area (Å²) in [6, 6.07) is 10.7. The Morgan fingerprint density at radius 2 is 2.00 bits per heavy atom. The summed E-state index contributed by atoms with van der Waals surface area (Å²) in [4.78, 5) is 29.9. The van der Waals surface area contributed by atoms with E-state index in [1.54, 1.807) is 36.5 Å². The maximum Gasteiger partial charge on any atom is 0.267 e. The van der Waals surface area contributed by atoms with Gasteiger partial charge in [-0.3, -0.25) is 14.8 Å². The first kappa shape index (κ1) is 19.9. The number of pyridine rings is 1. The predicted octanol–water partition coefficient (Wildman–Crippen LogP) is 2.97. The van der Waals surface area contributed by atoms with Crippen LogP contribution in [0.3, 0.4) is 0 Å². The zero-order valence-electron chi connectivity index (χ0n) is 15.1. The number of nitrogens with zero attached hydrogens (tertiary/aromatic N) is 2. The summed E-state index contributed by atoms with van der Waals surface area (Å²) >= 11 is 5.89. The molecular weight excluding hydrogens is 380 g/mol. The van der Waals surface area contributed by atoms with E-state index in [0.29, 0.717) is 22.9 Å². The Morgan fingerprint density at radius 3 is 2.68 bits per heavy atom. The fourth-order valence-electron chi connectivity index (χ4n) is 3.06. The van der Waals surface area contributed by atoms with E-state index in [0.717, 1.165) is 24.9 Å².